The van der Waals surface area contributed by atoms with Crippen molar-refractivity contribution in [2.45, 2.75) is 25.1 Å². The van der Waals surface area contributed by atoms with Crippen LogP contribution in [0.3, 0.4) is 0 Å². The average molecular weight is 293 g/mol. The topological polar surface area (TPSA) is 92.2 Å². The second-order valence-corrected chi connectivity index (χ2v) is 6.00. The van der Waals surface area contributed by atoms with Gasteiger partial charge in [-0.1, -0.05) is 6.07 Å². The van der Waals surface area contributed by atoms with Gasteiger partial charge < -0.3 is 5.11 Å². The molecule has 0 aliphatic heterocycles. The lowest BCUT2D eigenvalue weighted by Crippen LogP contribution is -2.24. The Morgan fingerprint density at radius 2 is 2.05 bits per heavy atom. The predicted molar refractivity (Wildman–Crippen MR) is 73.2 cm³/mol. The molecule has 0 aliphatic rings. The van der Waals surface area contributed by atoms with Crippen LogP contribution < -0.4 is 4.72 Å². The van der Waals surface area contributed by atoms with Crippen molar-refractivity contribution in [3.63, 3.8) is 0 Å². The number of pyridine rings is 2. The number of hydrogen-bond donors (Lipinski definition) is 2. The van der Waals surface area contributed by atoms with Gasteiger partial charge in [0.1, 0.15) is 0 Å². The molecule has 0 saturated carbocycles. The van der Waals surface area contributed by atoms with Crippen LogP contribution in [-0.2, 0) is 23.2 Å². The molecule has 2 aromatic rings. The van der Waals surface area contributed by atoms with Crippen LogP contribution in [0.25, 0.3) is 0 Å². The average Bonchev–Trinajstić information content (AvgIpc) is 2.46. The van der Waals surface area contributed by atoms with E-state index in [1.54, 1.807) is 12.4 Å². The van der Waals surface area contributed by atoms with Gasteiger partial charge in [-0.05, 0) is 35.7 Å². The zero-order valence-electron chi connectivity index (χ0n) is 10.9. The van der Waals surface area contributed by atoms with Gasteiger partial charge in [0.2, 0.25) is 0 Å². The first kappa shape index (κ1) is 14.6. The summed E-state index contributed by atoms with van der Waals surface area (Å²) in [7, 11) is -3.67. The Balaban J connectivity index is 2.13. The molecule has 0 spiro atoms. The molecule has 2 rings (SSSR count). The Kier molecular flexibility index (Phi) is 4.43. The normalized spacial score (nSPS) is 11.5. The molecule has 0 fully saturated rings. The fraction of sp³-hybridized carbons (Fsp3) is 0.231. The summed E-state index contributed by atoms with van der Waals surface area (Å²) in [6.07, 6.45) is 4.62. The van der Waals surface area contributed by atoms with E-state index in [2.05, 4.69) is 14.7 Å². The number of aryl methyl sites for hydroxylation is 1. The molecule has 2 aromatic heterocycles. The van der Waals surface area contributed by atoms with E-state index in [9.17, 15) is 8.42 Å². The van der Waals surface area contributed by atoms with Crippen LogP contribution in [0, 0.1) is 6.92 Å². The summed E-state index contributed by atoms with van der Waals surface area (Å²) in [6.45, 7) is 1.88. The van der Waals surface area contributed by atoms with Gasteiger partial charge in [0.25, 0.3) is 10.0 Å². The van der Waals surface area contributed by atoms with E-state index in [1.807, 2.05) is 13.0 Å². The minimum atomic E-state index is -3.67. The third kappa shape index (κ3) is 3.38. The Labute approximate surface area is 117 Å². The van der Waals surface area contributed by atoms with Crippen LogP contribution >= 0.6 is 0 Å². The molecule has 0 saturated heterocycles. The highest BCUT2D eigenvalue weighted by atomic mass is 32.2. The molecule has 2 N–H and O–H groups in total. The van der Waals surface area contributed by atoms with Crippen molar-refractivity contribution in [3.8, 4) is 0 Å². The summed E-state index contributed by atoms with van der Waals surface area (Å²) in [5.74, 6) is 0. The van der Waals surface area contributed by atoms with Crippen LogP contribution in [0.1, 0.15) is 16.7 Å². The van der Waals surface area contributed by atoms with E-state index >= 15 is 0 Å². The second-order valence-electron chi connectivity index (χ2n) is 4.29. The lowest BCUT2D eigenvalue weighted by Gasteiger charge is -2.08. The van der Waals surface area contributed by atoms with Crippen molar-refractivity contribution in [1.82, 2.24) is 14.7 Å². The van der Waals surface area contributed by atoms with Crippen LogP contribution in [0.15, 0.2) is 41.8 Å². The van der Waals surface area contributed by atoms with Crippen LogP contribution in [0.5, 0.6) is 0 Å². The minimum Gasteiger partial charge on any atom is -0.392 e. The number of nitrogens with one attached hydrogen (secondary N) is 1. The summed E-state index contributed by atoms with van der Waals surface area (Å²) in [4.78, 5) is 7.79. The first-order valence-electron chi connectivity index (χ1n) is 5.98. The van der Waals surface area contributed by atoms with Crippen molar-refractivity contribution in [2.75, 3.05) is 0 Å². The molecule has 0 aromatic carbocycles. The van der Waals surface area contributed by atoms with Crippen LogP contribution in [0.2, 0.25) is 0 Å². The van der Waals surface area contributed by atoms with Crippen molar-refractivity contribution in [2.24, 2.45) is 0 Å². The first-order valence-corrected chi connectivity index (χ1v) is 7.46. The number of aromatic nitrogens is 2. The van der Waals surface area contributed by atoms with E-state index in [4.69, 9.17) is 5.11 Å². The van der Waals surface area contributed by atoms with Crippen molar-refractivity contribution in [3.05, 3.63) is 53.5 Å². The number of nitrogens with zero attached hydrogens (tertiary/aromatic N) is 2. The highest BCUT2D eigenvalue weighted by Gasteiger charge is 2.15. The largest absolute Gasteiger partial charge is 0.392 e. The van der Waals surface area contributed by atoms with Gasteiger partial charge in [-0.25, -0.2) is 18.1 Å². The highest BCUT2D eigenvalue weighted by molar-refractivity contribution is 7.89. The summed E-state index contributed by atoms with van der Waals surface area (Å²) in [6, 6.07) is 4.71. The first-order chi connectivity index (χ1) is 9.53. The third-order valence-corrected chi connectivity index (χ3v) is 4.17. The molecule has 0 aliphatic carbocycles. The highest BCUT2D eigenvalue weighted by Crippen LogP contribution is 2.09. The third-order valence-electron chi connectivity index (χ3n) is 2.86. The maximum absolute atomic E-state index is 12.1. The zero-order valence-corrected chi connectivity index (χ0v) is 11.8. The number of sulfonamides is 1. The maximum Gasteiger partial charge on any atom is 0.258 e. The summed E-state index contributed by atoms with van der Waals surface area (Å²) in [5, 5.41) is 8.83. The van der Waals surface area contributed by atoms with Gasteiger partial charge in [-0.15, -0.1) is 0 Å². The predicted octanol–water partition coefficient (Wildman–Crippen LogP) is 0.756. The van der Waals surface area contributed by atoms with Crippen molar-refractivity contribution in [1.29, 1.82) is 0 Å². The van der Waals surface area contributed by atoms with E-state index in [0.29, 0.717) is 5.56 Å². The molecule has 106 valence electrons. The maximum atomic E-state index is 12.1. The summed E-state index contributed by atoms with van der Waals surface area (Å²) < 4.78 is 26.6. The van der Waals surface area contributed by atoms with Crippen LogP contribution in [0.4, 0.5) is 0 Å². The van der Waals surface area contributed by atoms with Crippen molar-refractivity contribution < 1.29 is 13.5 Å². The smallest absolute Gasteiger partial charge is 0.258 e. The molecule has 7 heteroatoms. The van der Waals surface area contributed by atoms with E-state index in [-0.39, 0.29) is 18.2 Å². The fourth-order valence-corrected chi connectivity index (χ4v) is 2.52. The Morgan fingerprint density at radius 1 is 1.25 bits per heavy atom. The van der Waals surface area contributed by atoms with Gasteiger partial charge in [0.15, 0.2) is 5.03 Å². The van der Waals surface area contributed by atoms with Gasteiger partial charge in [-0.3, -0.25) is 4.98 Å². The quantitative estimate of drug-likeness (QED) is 0.849. The van der Waals surface area contributed by atoms with Gasteiger partial charge >= 0.3 is 0 Å². The van der Waals surface area contributed by atoms with Gasteiger partial charge in [-0.2, -0.15) is 0 Å². The lowest BCUT2D eigenvalue weighted by molar-refractivity contribution is 0.281. The Bertz CT molecular complexity index is 684. The molecule has 0 unspecified atom stereocenters. The number of aliphatic hydroxyl groups is 1. The minimum absolute atomic E-state index is 0.0729. The summed E-state index contributed by atoms with van der Waals surface area (Å²) >= 11 is 0. The van der Waals surface area contributed by atoms with E-state index < -0.39 is 10.0 Å². The standard InChI is InChI=1S/C13H15N3O3S/c1-10-4-5-14-7-12(10)8-16-20(18,19)13-3-2-11(9-17)6-15-13/h2-7,16-17H,8-9H2,1H3. The Morgan fingerprint density at radius 3 is 2.65 bits per heavy atom. The summed E-state index contributed by atoms with van der Waals surface area (Å²) in [5.41, 5.74) is 2.33. The van der Waals surface area contributed by atoms with E-state index in [0.717, 1.165) is 11.1 Å². The fourth-order valence-electron chi connectivity index (χ4n) is 1.59. The SMILES string of the molecule is Cc1ccncc1CNS(=O)(=O)c1ccc(CO)cn1. The molecule has 0 bridgehead atoms. The monoisotopic (exact) mass is 293 g/mol. The number of hydrogen-bond acceptors (Lipinski definition) is 5. The van der Waals surface area contributed by atoms with Crippen LogP contribution in [-0.4, -0.2) is 23.5 Å². The zero-order chi connectivity index (χ0) is 14.6. The Hall–Kier alpha value is -1.83. The molecule has 2 heterocycles. The van der Waals surface area contributed by atoms with E-state index in [1.165, 1.54) is 18.3 Å². The van der Waals surface area contributed by atoms with Crippen molar-refractivity contribution >= 4 is 10.0 Å². The molecule has 0 radical (unpaired) electrons. The molecule has 0 amide bonds. The molecular formula is C13H15N3O3S. The molecule has 0 atom stereocenters. The molecule has 6 nitrogen and oxygen atoms in total. The lowest BCUT2D eigenvalue weighted by atomic mass is 10.2. The number of rotatable bonds is 5. The van der Waals surface area contributed by atoms with Gasteiger partial charge in [0, 0.05) is 25.1 Å². The number of aliphatic hydroxyl groups excluding tert-OH is 1. The molecule has 20 heavy (non-hydrogen) atoms. The molecular weight excluding hydrogens is 278 g/mol. The second kappa shape index (κ2) is 6.08. The van der Waals surface area contributed by atoms with Gasteiger partial charge in [0.05, 0.1) is 6.61 Å².